The molecular formula is C23H28N2O. The van der Waals surface area contributed by atoms with E-state index in [1.165, 1.54) is 36.6 Å². The van der Waals surface area contributed by atoms with Crippen molar-refractivity contribution in [2.75, 3.05) is 0 Å². The van der Waals surface area contributed by atoms with Crippen LogP contribution < -0.4 is 0 Å². The van der Waals surface area contributed by atoms with Crippen molar-refractivity contribution in [3.63, 3.8) is 0 Å². The van der Waals surface area contributed by atoms with Gasteiger partial charge in [-0.3, -0.25) is 4.98 Å². The molecule has 4 rings (SSSR count). The van der Waals surface area contributed by atoms with E-state index in [0.717, 1.165) is 29.9 Å². The van der Waals surface area contributed by atoms with Gasteiger partial charge in [0.05, 0.1) is 11.2 Å². The van der Waals surface area contributed by atoms with Gasteiger partial charge in [-0.2, -0.15) is 0 Å². The highest BCUT2D eigenvalue weighted by Gasteiger charge is 2.25. The molecule has 0 N–H and O–H groups in total. The third kappa shape index (κ3) is 3.82. The minimum atomic E-state index is 0.624. The number of benzene rings is 1. The fraction of sp³-hybridized carbons (Fsp3) is 0.478. The Morgan fingerprint density at radius 1 is 1.08 bits per heavy atom. The van der Waals surface area contributed by atoms with Gasteiger partial charge in [0.1, 0.15) is 6.26 Å². The SMILES string of the molecule is CC(C)Cc1coc(C[C@H]2CC[C@H](c3ccnc4ccccc43)CC2)n1. The van der Waals surface area contributed by atoms with Crippen molar-refractivity contribution < 1.29 is 4.42 Å². The first-order valence-corrected chi connectivity index (χ1v) is 9.96. The van der Waals surface area contributed by atoms with Crippen molar-refractivity contribution in [3.8, 4) is 0 Å². The van der Waals surface area contributed by atoms with E-state index < -0.39 is 0 Å². The Balaban J connectivity index is 1.39. The van der Waals surface area contributed by atoms with Crippen LogP contribution in [0.15, 0.2) is 47.2 Å². The van der Waals surface area contributed by atoms with E-state index in [1.807, 2.05) is 12.5 Å². The second-order valence-corrected chi connectivity index (χ2v) is 8.17. The van der Waals surface area contributed by atoms with E-state index in [2.05, 4.69) is 54.1 Å². The molecule has 136 valence electrons. The van der Waals surface area contributed by atoms with E-state index in [9.17, 15) is 0 Å². The van der Waals surface area contributed by atoms with Gasteiger partial charge in [-0.15, -0.1) is 0 Å². The largest absolute Gasteiger partial charge is 0.449 e. The minimum Gasteiger partial charge on any atom is -0.449 e. The highest BCUT2D eigenvalue weighted by atomic mass is 16.3. The summed E-state index contributed by atoms with van der Waals surface area (Å²) in [6.07, 6.45) is 10.8. The van der Waals surface area contributed by atoms with Crippen LogP contribution in [0.4, 0.5) is 0 Å². The first-order valence-electron chi connectivity index (χ1n) is 9.96. The molecule has 2 aromatic heterocycles. The molecule has 0 amide bonds. The Labute approximate surface area is 155 Å². The molecule has 0 aliphatic heterocycles. The van der Waals surface area contributed by atoms with Crippen LogP contribution >= 0.6 is 0 Å². The molecule has 3 heteroatoms. The maximum atomic E-state index is 5.72. The minimum absolute atomic E-state index is 0.624. The maximum Gasteiger partial charge on any atom is 0.194 e. The van der Waals surface area contributed by atoms with E-state index in [0.29, 0.717) is 17.8 Å². The molecule has 2 heterocycles. The second kappa shape index (κ2) is 7.61. The molecule has 0 spiro atoms. The molecule has 0 radical (unpaired) electrons. The molecule has 1 aromatic carbocycles. The molecule has 0 atom stereocenters. The van der Waals surface area contributed by atoms with Gasteiger partial charge < -0.3 is 4.42 Å². The van der Waals surface area contributed by atoms with Crippen molar-refractivity contribution in [1.82, 2.24) is 9.97 Å². The summed E-state index contributed by atoms with van der Waals surface area (Å²) in [6, 6.07) is 10.7. The molecule has 0 bridgehead atoms. The molecule has 26 heavy (non-hydrogen) atoms. The van der Waals surface area contributed by atoms with Gasteiger partial charge in [0, 0.05) is 18.0 Å². The lowest BCUT2D eigenvalue weighted by Gasteiger charge is -2.28. The Bertz CT molecular complexity index is 854. The normalized spacial score (nSPS) is 20.7. The van der Waals surface area contributed by atoms with Crippen molar-refractivity contribution in [3.05, 3.63) is 59.9 Å². The van der Waals surface area contributed by atoms with E-state index in [1.54, 1.807) is 0 Å². The molecule has 3 nitrogen and oxygen atoms in total. The molecular weight excluding hydrogens is 320 g/mol. The number of hydrogen-bond donors (Lipinski definition) is 0. The predicted octanol–water partition coefficient (Wildman–Crippen LogP) is 5.94. The summed E-state index contributed by atoms with van der Waals surface area (Å²) in [7, 11) is 0. The standard InChI is InChI=1S/C23H28N2O/c1-16(2)13-19-15-26-23(25-19)14-17-7-9-18(10-8-17)20-11-12-24-22-6-4-3-5-21(20)22/h3-6,11-12,15-18H,7-10,13-14H2,1-2H3/t17-,18-. The van der Waals surface area contributed by atoms with Gasteiger partial charge in [0.2, 0.25) is 0 Å². The van der Waals surface area contributed by atoms with E-state index in [-0.39, 0.29) is 0 Å². The fourth-order valence-electron chi connectivity index (χ4n) is 4.35. The summed E-state index contributed by atoms with van der Waals surface area (Å²) in [5, 5.41) is 1.32. The average molecular weight is 348 g/mol. The number of para-hydroxylation sites is 1. The molecule has 1 fully saturated rings. The fourth-order valence-corrected chi connectivity index (χ4v) is 4.35. The highest BCUT2D eigenvalue weighted by Crippen LogP contribution is 2.39. The number of aromatic nitrogens is 2. The zero-order chi connectivity index (χ0) is 17.9. The molecule has 0 unspecified atom stereocenters. The Morgan fingerprint density at radius 2 is 1.88 bits per heavy atom. The van der Waals surface area contributed by atoms with Gasteiger partial charge in [-0.1, -0.05) is 32.0 Å². The Morgan fingerprint density at radius 3 is 2.69 bits per heavy atom. The van der Waals surface area contributed by atoms with Crippen LogP contribution in [0.5, 0.6) is 0 Å². The lowest BCUT2D eigenvalue weighted by atomic mass is 9.77. The average Bonchev–Trinajstić information content (AvgIpc) is 3.08. The lowest BCUT2D eigenvalue weighted by Crippen LogP contribution is -2.16. The van der Waals surface area contributed by atoms with Crippen LogP contribution in [0.2, 0.25) is 0 Å². The molecule has 3 aromatic rings. The van der Waals surface area contributed by atoms with Crippen molar-refractivity contribution in [1.29, 1.82) is 0 Å². The number of fused-ring (bicyclic) bond motifs is 1. The van der Waals surface area contributed by atoms with Gasteiger partial charge in [0.25, 0.3) is 0 Å². The second-order valence-electron chi connectivity index (χ2n) is 8.17. The third-order valence-electron chi connectivity index (χ3n) is 5.65. The highest BCUT2D eigenvalue weighted by molar-refractivity contribution is 5.82. The summed E-state index contributed by atoms with van der Waals surface area (Å²) in [6.45, 7) is 4.44. The van der Waals surface area contributed by atoms with Gasteiger partial charge in [0.15, 0.2) is 5.89 Å². The van der Waals surface area contributed by atoms with Gasteiger partial charge >= 0.3 is 0 Å². The van der Waals surface area contributed by atoms with E-state index >= 15 is 0 Å². The summed E-state index contributed by atoms with van der Waals surface area (Å²) in [5.74, 6) is 2.90. The van der Waals surface area contributed by atoms with Crippen LogP contribution in [0.3, 0.4) is 0 Å². The first kappa shape index (κ1) is 17.3. The van der Waals surface area contributed by atoms with Gasteiger partial charge in [-0.05, 0) is 67.6 Å². The summed E-state index contributed by atoms with van der Waals surface area (Å²) >= 11 is 0. The smallest absolute Gasteiger partial charge is 0.194 e. The van der Waals surface area contributed by atoms with Crippen molar-refractivity contribution in [2.45, 2.75) is 58.3 Å². The summed E-state index contributed by atoms with van der Waals surface area (Å²) in [5.41, 5.74) is 3.70. The topological polar surface area (TPSA) is 38.9 Å². The number of hydrogen-bond acceptors (Lipinski definition) is 3. The Hall–Kier alpha value is -2.16. The van der Waals surface area contributed by atoms with E-state index in [4.69, 9.17) is 4.42 Å². The first-order chi connectivity index (χ1) is 12.7. The number of oxazole rings is 1. The zero-order valence-corrected chi connectivity index (χ0v) is 15.8. The number of nitrogens with zero attached hydrogens (tertiary/aromatic N) is 2. The third-order valence-corrected chi connectivity index (χ3v) is 5.65. The number of pyridine rings is 1. The molecule has 0 saturated heterocycles. The molecule has 1 saturated carbocycles. The zero-order valence-electron chi connectivity index (χ0n) is 15.8. The quantitative estimate of drug-likeness (QED) is 0.573. The van der Waals surface area contributed by atoms with Crippen molar-refractivity contribution in [2.24, 2.45) is 11.8 Å². The summed E-state index contributed by atoms with van der Waals surface area (Å²) in [4.78, 5) is 9.20. The van der Waals surface area contributed by atoms with Crippen LogP contribution in [0, 0.1) is 11.8 Å². The lowest BCUT2D eigenvalue weighted by molar-refractivity contribution is 0.305. The monoisotopic (exact) mass is 348 g/mol. The van der Waals surface area contributed by atoms with Crippen LogP contribution in [0.25, 0.3) is 10.9 Å². The van der Waals surface area contributed by atoms with Crippen LogP contribution in [-0.4, -0.2) is 9.97 Å². The summed E-state index contributed by atoms with van der Waals surface area (Å²) < 4.78 is 5.72. The molecule has 1 aliphatic rings. The van der Waals surface area contributed by atoms with Crippen LogP contribution in [-0.2, 0) is 12.8 Å². The predicted molar refractivity (Wildman–Crippen MR) is 105 cm³/mol. The van der Waals surface area contributed by atoms with Crippen molar-refractivity contribution >= 4 is 10.9 Å². The maximum absolute atomic E-state index is 5.72. The number of rotatable bonds is 5. The molecule has 1 aliphatic carbocycles. The Kier molecular flexibility index (Phi) is 5.05. The van der Waals surface area contributed by atoms with Crippen LogP contribution in [0.1, 0.15) is 62.6 Å². The van der Waals surface area contributed by atoms with Gasteiger partial charge in [-0.25, -0.2) is 4.98 Å².